The van der Waals surface area contributed by atoms with E-state index in [2.05, 4.69) is 224 Å². The lowest BCUT2D eigenvalue weighted by Gasteiger charge is -2.27. The number of anilines is 4. The Hall–Kier alpha value is -3.50. The third-order valence-electron chi connectivity index (χ3n) is 13.4. The van der Waals surface area contributed by atoms with Crippen LogP contribution in [0.1, 0.15) is 211 Å². The van der Waals surface area contributed by atoms with Gasteiger partial charge in [-0.05, 0) is 89.8 Å². The van der Waals surface area contributed by atoms with Crippen molar-refractivity contribution in [3.63, 3.8) is 0 Å². The molecule has 4 aliphatic heterocycles. The van der Waals surface area contributed by atoms with Gasteiger partial charge in [-0.15, -0.1) is 9.34 Å². The lowest BCUT2D eigenvalue weighted by molar-refractivity contribution is 0.316. The van der Waals surface area contributed by atoms with Gasteiger partial charge in [0, 0.05) is 22.3 Å². The maximum atomic E-state index is 8.08. The molecule has 0 atom stereocenters. The van der Waals surface area contributed by atoms with Crippen LogP contribution in [-0.4, -0.2) is 0 Å². The summed E-state index contributed by atoms with van der Waals surface area (Å²) in [4.78, 5) is 0. The van der Waals surface area contributed by atoms with Gasteiger partial charge in [0.25, 0.3) is 0 Å². The monoisotopic (exact) mass is 923 g/mol. The third-order valence-corrected chi connectivity index (χ3v) is 18.6. The molecule has 65 heavy (non-hydrogen) atoms. The maximum Gasteiger partial charge on any atom is 0.676 e. The molecule has 0 unspecified atom stereocenters. The van der Waals surface area contributed by atoms with Gasteiger partial charge in [-0.25, -0.2) is 0 Å². The number of hydrogen-bond acceptors (Lipinski definition) is 7. The highest BCUT2D eigenvalue weighted by Gasteiger charge is 2.85. The average molecular weight is 923 g/mol. The molecular formula is C56H80N2O5P2+2. The third kappa shape index (κ3) is 7.84. The quantitative estimate of drug-likeness (QED) is 0.186. The standard InChI is InChI=1S/C56H80N2O5P2/c1-49(2,3)33-25-37(53(13,14)15)45-41(29-33)57-42-30-34(50(4,5)6)26-38(54(16,17)18)46(42)60-64(57,59-45)63-65-58(43-31-35(51(7,8)9)27-39(47(43)61-65)55(19,20)21)44-32-36(52(10,11)12)28-40(48(44)62-65)56(22,23)24/h25-32H,1-24H3/q+2. The molecule has 0 spiro atoms. The Morgan fingerprint density at radius 2 is 0.477 bits per heavy atom. The van der Waals surface area contributed by atoms with Crippen LogP contribution in [0.3, 0.4) is 0 Å². The van der Waals surface area contributed by atoms with E-state index in [1.165, 1.54) is 22.3 Å². The summed E-state index contributed by atoms with van der Waals surface area (Å²) in [7, 11) is -7.41. The van der Waals surface area contributed by atoms with Crippen LogP contribution in [0.25, 0.3) is 0 Å². The predicted octanol–water partition coefficient (Wildman–Crippen LogP) is 18.0. The van der Waals surface area contributed by atoms with Gasteiger partial charge >= 0.3 is 16.2 Å². The summed E-state index contributed by atoms with van der Waals surface area (Å²) in [5, 5.41) is 0. The van der Waals surface area contributed by atoms with E-state index in [9.17, 15) is 0 Å². The lowest BCUT2D eigenvalue weighted by Crippen LogP contribution is -2.25. The van der Waals surface area contributed by atoms with Crippen molar-refractivity contribution in [3.05, 3.63) is 93.0 Å². The molecule has 0 saturated carbocycles. The molecule has 0 radical (unpaired) electrons. The summed E-state index contributed by atoms with van der Waals surface area (Å²) in [5.74, 6) is 3.16. The zero-order chi connectivity index (χ0) is 48.6. The molecule has 9 heteroatoms. The van der Waals surface area contributed by atoms with E-state index in [0.29, 0.717) is 0 Å². The van der Waals surface area contributed by atoms with E-state index in [4.69, 9.17) is 22.4 Å². The first-order valence-electron chi connectivity index (χ1n) is 23.8. The maximum absolute atomic E-state index is 8.08. The van der Waals surface area contributed by atoms with E-state index >= 15 is 0 Å². The number of benzene rings is 4. The fraction of sp³-hybridized carbons (Fsp3) is 0.571. The summed E-state index contributed by atoms with van der Waals surface area (Å²) >= 11 is 0. The Labute approximate surface area is 394 Å². The molecule has 352 valence electrons. The minimum absolute atomic E-state index is 0.149. The number of nitrogens with zero attached hydrogens (tertiary/aromatic N) is 2. The zero-order valence-corrected chi connectivity index (χ0v) is 46.2. The van der Waals surface area contributed by atoms with Crippen LogP contribution in [0.4, 0.5) is 22.7 Å². The van der Waals surface area contributed by atoms with Crippen LogP contribution in [0.5, 0.6) is 23.0 Å². The first-order chi connectivity index (χ1) is 29.2. The highest BCUT2D eigenvalue weighted by Crippen LogP contribution is 2.92. The average Bonchev–Trinajstić information content (AvgIpc) is 3.78. The van der Waals surface area contributed by atoms with Crippen LogP contribution in [0.15, 0.2) is 48.5 Å². The summed E-state index contributed by atoms with van der Waals surface area (Å²) in [5.41, 5.74) is 11.5. The minimum atomic E-state index is -3.70. The van der Waals surface area contributed by atoms with E-state index in [0.717, 1.165) is 68.0 Å². The smallest absolute Gasteiger partial charge is 0.254 e. The molecule has 8 rings (SSSR count). The molecule has 0 aliphatic carbocycles. The van der Waals surface area contributed by atoms with E-state index in [1.807, 2.05) is 0 Å². The Bertz CT molecular complexity index is 2270. The Morgan fingerprint density at radius 1 is 0.292 bits per heavy atom. The summed E-state index contributed by atoms with van der Waals surface area (Å²) < 4.78 is 43.4. The van der Waals surface area contributed by atoms with Gasteiger partial charge in [0.1, 0.15) is 27.1 Å². The second-order valence-corrected chi connectivity index (χ2v) is 31.6. The van der Waals surface area contributed by atoms with Crippen LogP contribution >= 0.6 is 16.2 Å². The largest absolute Gasteiger partial charge is 0.676 e. The van der Waals surface area contributed by atoms with Crippen molar-refractivity contribution in [1.29, 1.82) is 0 Å². The van der Waals surface area contributed by atoms with Gasteiger partial charge < -0.3 is 0 Å². The lowest BCUT2D eigenvalue weighted by atomic mass is 9.79. The van der Waals surface area contributed by atoms with Gasteiger partial charge in [0.05, 0.1) is 0 Å². The van der Waals surface area contributed by atoms with Gasteiger partial charge in [-0.1, -0.05) is 190 Å². The molecule has 0 bridgehead atoms. The number of rotatable bonds is 2. The summed E-state index contributed by atoms with van der Waals surface area (Å²) in [6.07, 6.45) is 0. The van der Waals surface area contributed by atoms with Crippen molar-refractivity contribution in [3.8, 4) is 23.0 Å². The van der Waals surface area contributed by atoms with Gasteiger partial charge in [-0.3, -0.25) is 18.1 Å². The van der Waals surface area contributed by atoms with E-state index < -0.39 is 16.2 Å². The van der Waals surface area contributed by atoms with Crippen molar-refractivity contribution < 1.29 is 22.4 Å². The van der Waals surface area contributed by atoms with Crippen LogP contribution < -0.4 is 27.4 Å². The van der Waals surface area contributed by atoms with Gasteiger partial charge in [0.15, 0.2) is 0 Å². The second-order valence-electron chi connectivity index (χ2n) is 27.5. The molecule has 4 aromatic rings. The minimum Gasteiger partial charge on any atom is -0.254 e. The highest BCUT2D eigenvalue weighted by atomic mass is 31.3. The van der Waals surface area contributed by atoms with Gasteiger partial charge in [-0.2, -0.15) is 0 Å². The fourth-order valence-corrected chi connectivity index (χ4v) is 15.0. The number of hydrogen-bond donors (Lipinski definition) is 0. The van der Waals surface area contributed by atoms with Crippen molar-refractivity contribution in [2.45, 2.75) is 209 Å². The first kappa shape index (κ1) is 48.0. The normalized spacial score (nSPS) is 17.7. The van der Waals surface area contributed by atoms with Gasteiger partial charge in [0.2, 0.25) is 23.0 Å². The molecule has 7 nitrogen and oxygen atoms in total. The molecule has 4 aliphatic rings. The van der Waals surface area contributed by atoms with Crippen molar-refractivity contribution in [2.24, 2.45) is 0 Å². The molecule has 4 aromatic carbocycles. The van der Waals surface area contributed by atoms with E-state index in [-0.39, 0.29) is 43.3 Å². The van der Waals surface area contributed by atoms with Crippen molar-refractivity contribution >= 4 is 38.9 Å². The summed E-state index contributed by atoms with van der Waals surface area (Å²) in [6, 6.07) is 18.6. The molecule has 0 aromatic heterocycles. The molecule has 0 amide bonds. The molecule has 0 saturated heterocycles. The zero-order valence-electron chi connectivity index (χ0n) is 44.4. The van der Waals surface area contributed by atoms with Crippen LogP contribution in [-0.2, 0) is 47.6 Å². The Balaban J connectivity index is 1.48. The summed E-state index contributed by atoms with van der Waals surface area (Å²) in [6.45, 7) is 54.6. The molecule has 4 heterocycles. The van der Waals surface area contributed by atoms with Crippen molar-refractivity contribution in [2.75, 3.05) is 9.34 Å². The van der Waals surface area contributed by atoms with Crippen molar-refractivity contribution in [1.82, 2.24) is 0 Å². The molecule has 0 fully saturated rings. The molecular weight excluding hydrogens is 843 g/mol. The second kappa shape index (κ2) is 14.0. The first-order valence-corrected chi connectivity index (χ1v) is 26.8. The predicted molar refractivity (Wildman–Crippen MR) is 277 cm³/mol. The SMILES string of the molecule is CC(C)(C)c1cc2c(c(C(C)(C)C)c1)O[P+]1(O[P+]34Oc5c(cc(C(C)(C)C)cc5C(C)(C)C)N3c3cc(C(C)(C)C)cc(C(C)(C)C)c3O4)Oc3c(cc(C(C)(C)C)cc3C(C)(C)C)N21. The fourth-order valence-electron chi connectivity index (χ4n) is 9.15. The van der Waals surface area contributed by atoms with E-state index in [1.54, 1.807) is 0 Å². The van der Waals surface area contributed by atoms with Crippen LogP contribution in [0, 0.1) is 0 Å². The topological polar surface area (TPSA) is 52.6 Å². The molecule has 0 N–H and O–H groups in total. The van der Waals surface area contributed by atoms with Crippen LogP contribution in [0.2, 0.25) is 0 Å². The Morgan fingerprint density at radius 3 is 0.631 bits per heavy atom. The number of fused-ring (bicyclic) bond motifs is 10. The highest BCUT2D eigenvalue weighted by molar-refractivity contribution is 7.78. The Kier molecular flexibility index (Phi) is 10.4.